The molecule has 2 atom stereocenters. The van der Waals surface area contributed by atoms with Gasteiger partial charge in [-0.15, -0.1) is 0 Å². The maximum absolute atomic E-state index is 11.8. The van der Waals surface area contributed by atoms with Crippen LogP contribution in [0.4, 0.5) is 11.8 Å². The van der Waals surface area contributed by atoms with Gasteiger partial charge in [-0.05, 0) is 19.3 Å². The quantitative estimate of drug-likeness (QED) is 0.846. The summed E-state index contributed by atoms with van der Waals surface area (Å²) < 4.78 is 0. The Morgan fingerprint density at radius 1 is 1.21 bits per heavy atom. The highest BCUT2D eigenvalue weighted by Crippen LogP contribution is 2.31. The summed E-state index contributed by atoms with van der Waals surface area (Å²) in [5, 5.41) is 3.68. The topological polar surface area (TPSA) is 64.6 Å². The second kappa shape index (κ2) is 5.88. The zero-order valence-corrected chi connectivity index (χ0v) is 14.7. The summed E-state index contributed by atoms with van der Waals surface area (Å²) in [5.41, 5.74) is 2.25. The third-order valence-electron chi connectivity index (χ3n) is 5.39. The molecule has 2 bridgehead atoms. The van der Waals surface area contributed by atoms with E-state index in [9.17, 15) is 4.79 Å². The lowest BCUT2D eigenvalue weighted by molar-refractivity contribution is -0.129. The van der Waals surface area contributed by atoms with Gasteiger partial charge >= 0.3 is 0 Å². The fourth-order valence-electron chi connectivity index (χ4n) is 4.10. The number of nitrogens with zero attached hydrogens (tertiary/aromatic N) is 5. The highest BCUT2D eigenvalue weighted by atomic mass is 16.2. The second-order valence-electron chi connectivity index (χ2n) is 7.40. The van der Waals surface area contributed by atoms with Gasteiger partial charge in [0, 0.05) is 58.3 Å². The molecule has 2 saturated heterocycles. The first kappa shape index (κ1) is 15.6. The molecular formula is C17H26N6O. The number of carbonyl (C=O) groups excluding carboxylic acids is 1. The number of aromatic nitrogens is 2. The van der Waals surface area contributed by atoms with E-state index in [0.29, 0.717) is 18.6 Å². The minimum atomic E-state index is 0.118. The lowest BCUT2D eigenvalue weighted by atomic mass is 10.0. The summed E-state index contributed by atoms with van der Waals surface area (Å²) in [5.74, 6) is 1.94. The Hall–Kier alpha value is -1.89. The van der Waals surface area contributed by atoms with Gasteiger partial charge < -0.3 is 20.0 Å². The van der Waals surface area contributed by atoms with Crippen molar-refractivity contribution in [3.63, 3.8) is 0 Å². The number of fused-ring (bicyclic) bond motifs is 3. The Bertz CT molecular complexity index is 649. The number of piperazine rings is 1. The standard InChI is InChI=1S/C17H26N6O/c1-11(24)22-7-6-14-15(10-22)19-17(21(2)3)20-16(14)23-8-12-4-5-13(9-23)18-12/h12-13,18H,4-10H2,1-3H3/t12-,13+. The van der Waals surface area contributed by atoms with Crippen LogP contribution >= 0.6 is 0 Å². The predicted molar refractivity (Wildman–Crippen MR) is 93.3 cm³/mol. The van der Waals surface area contributed by atoms with Crippen molar-refractivity contribution in [2.75, 3.05) is 43.5 Å². The molecule has 0 spiro atoms. The smallest absolute Gasteiger partial charge is 0.227 e. The van der Waals surface area contributed by atoms with E-state index in [1.807, 2.05) is 23.9 Å². The van der Waals surface area contributed by atoms with Crippen LogP contribution in [0.1, 0.15) is 31.0 Å². The molecule has 3 aliphatic rings. The van der Waals surface area contributed by atoms with Crippen LogP contribution in [-0.2, 0) is 17.8 Å². The monoisotopic (exact) mass is 330 g/mol. The van der Waals surface area contributed by atoms with Crippen LogP contribution in [0.2, 0.25) is 0 Å². The van der Waals surface area contributed by atoms with Crippen LogP contribution in [0.5, 0.6) is 0 Å². The van der Waals surface area contributed by atoms with E-state index in [4.69, 9.17) is 9.97 Å². The Morgan fingerprint density at radius 2 is 1.92 bits per heavy atom. The molecule has 0 aliphatic carbocycles. The van der Waals surface area contributed by atoms with Crippen molar-refractivity contribution < 1.29 is 4.79 Å². The van der Waals surface area contributed by atoms with Crippen molar-refractivity contribution in [2.45, 2.75) is 44.8 Å². The van der Waals surface area contributed by atoms with E-state index in [0.717, 1.165) is 43.5 Å². The fraction of sp³-hybridized carbons (Fsp3) is 0.706. The van der Waals surface area contributed by atoms with Gasteiger partial charge in [-0.2, -0.15) is 4.98 Å². The summed E-state index contributed by atoms with van der Waals surface area (Å²) in [6, 6.07) is 1.16. The summed E-state index contributed by atoms with van der Waals surface area (Å²) in [6.45, 7) is 5.03. The Morgan fingerprint density at radius 3 is 2.54 bits per heavy atom. The predicted octanol–water partition coefficient (Wildman–Crippen LogP) is 0.388. The summed E-state index contributed by atoms with van der Waals surface area (Å²) >= 11 is 0. The molecule has 4 rings (SSSR count). The second-order valence-corrected chi connectivity index (χ2v) is 7.40. The largest absolute Gasteiger partial charge is 0.353 e. The molecule has 0 aromatic carbocycles. The molecule has 4 heterocycles. The van der Waals surface area contributed by atoms with E-state index in [1.54, 1.807) is 6.92 Å². The van der Waals surface area contributed by atoms with Gasteiger partial charge in [-0.25, -0.2) is 4.98 Å². The van der Waals surface area contributed by atoms with Crippen LogP contribution in [0.3, 0.4) is 0 Å². The van der Waals surface area contributed by atoms with Crippen molar-refractivity contribution in [1.29, 1.82) is 0 Å². The molecule has 1 aromatic heterocycles. The Balaban J connectivity index is 1.72. The molecule has 7 heteroatoms. The average molecular weight is 330 g/mol. The number of amides is 1. The van der Waals surface area contributed by atoms with Crippen molar-refractivity contribution in [3.8, 4) is 0 Å². The summed E-state index contributed by atoms with van der Waals surface area (Å²) in [6.07, 6.45) is 3.36. The van der Waals surface area contributed by atoms with Gasteiger partial charge in [0.1, 0.15) is 5.82 Å². The molecule has 0 radical (unpaired) electrons. The van der Waals surface area contributed by atoms with Crippen molar-refractivity contribution >= 4 is 17.7 Å². The third kappa shape index (κ3) is 2.70. The van der Waals surface area contributed by atoms with Crippen molar-refractivity contribution in [1.82, 2.24) is 20.2 Å². The van der Waals surface area contributed by atoms with E-state index in [-0.39, 0.29) is 5.91 Å². The minimum Gasteiger partial charge on any atom is -0.353 e. The average Bonchev–Trinajstić information content (AvgIpc) is 2.91. The van der Waals surface area contributed by atoms with Gasteiger partial charge in [0.2, 0.25) is 11.9 Å². The fourth-order valence-corrected chi connectivity index (χ4v) is 4.10. The molecule has 1 aromatic rings. The highest BCUT2D eigenvalue weighted by Gasteiger charge is 2.35. The molecule has 0 saturated carbocycles. The zero-order valence-electron chi connectivity index (χ0n) is 14.7. The normalized spacial score (nSPS) is 25.6. The van der Waals surface area contributed by atoms with Crippen LogP contribution in [0.25, 0.3) is 0 Å². The lowest BCUT2D eigenvalue weighted by Crippen LogP contribution is -2.52. The molecule has 1 N–H and O–H groups in total. The first-order chi connectivity index (χ1) is 11.5. The van der Waals surface area contributed by atoms with Crippen LogP contribution in [-0.4, -0.2) is 66.6 Å². The SMILES string of the molecule is CC(=O)N1CCc2c(nc(N(C)C)nc2N2C[C@H]3CC[C@@H](C2)N3)C1. The number of rotatable bonds is 2. The summed E-state index contributed by atoms with van der Waals surface area (Å²) in [7, 11) is 3.94. The van der Waals surface area contributed by atoms with E-state index in [1.165, 1.54) is 18.4 Å². The molecule has 3 aliphatic heterocycles. The summed E-state index contributed by atoms with van der Waals surface area (Å²) in [4.78, 5) is 27.6. The molecule has 24 heavy (non-hydrogen) atoms. The van der Waals surface area contributed by atoms with Gasteiger partial charge in [-0.3, -0.25) is 4.79 Å². The van der Waals surface area contributed by atoms with Crippen molar-refractivity contribution in [3.05, 3.63) is 11.3 Å². The van der Waals surface area contributed by atoms with Crippen LogP contribution < -0.4 is 15.1 Å². The number of carbonyl (C=O) groups is 1. The lowest BCUT2D eigenvalue weighted by Gasteiger charge is -2.37. The number of nitrogens with one attached hydrogen (secondary N) is 1. The Kier molecular flexibility index (Phi) is 3.83. The molecular weight excluding hydrogens is 304 g/mol. The zero-order chi connectivity index (χ0) is 16.8. The van der Waals surface area contributed by atoms with Gasteiger partial charge in [0.05, 0.1) is 12.2 Å². The molecule has 130 valence electrons. The third-order valence-corrected chi connectivity index (χ3v) is 5.39. The highest BCUT2D eigenvalue weighted by molar-refractivity contribution is 5.74. The first-order valence-electron chi connectivity index (χ1n) is 8.85. The van der Waals surface area contributed by atoms with E-state index < -0.39 is 0 Å². The van der Waals surface area contributed by atoms with Gasteiger partial charge in [0.15, 0.2) is 0 Å². The van der Waals surface area contributed by atoms with Gasteiger partial charge in [0.25, 0.3) is 0 Å². The van der Waals surface area contributed by atoms with Crippen LogP contribution in [0, 0.1) is 0 Å². The number of hydrogen-bond donors (Lipinski definition) is 1. The molecule has 0 unspecified atom stereocenters. The Labute approximate surface area is 143 Å². The van der Waals surface area contributed by atoms with Crippen molar-refractivity contribution in [2.24, 2.45) is 0 Å². The maximum Gasteiger partial charge on any atom is 0.227 e. The van der Waals surface area contributed by atoms with Gasteiger partial charge in [-0.1, -0.05) is 0 Å². The number of anilines is 2. The van der Waals surface area contributed by atoms with E-state index >= 15 is 0 Å². The van der Waals surface area contributed by atoms with E-state index in [2.05, 4.69) is 10.2 Å². The number of hydrogen-bond acceptors (Lipinski definition) is 6. The van der Waals surface area contributed by atoms with Crippen LogP contribution in [0.15, 0.2) is 0 Å². The first-order valence-corrected chi connectivity index (χ1v) is 8.85. The molecule has 1 amide bonds. The molecule has 2 fully saturated rings. The maximum atomic E-state index is 11.8. The minimum absolute atomic E-state index is 0.118. The molecule has 7 nitrogen and oxygen atoms in total.